The average molecular weight is 144 g/mol. The fourth-order valence-electron chi connectivity index (χ4n) is 1.70. The third-order valence-corrected chi connectivity index (χ3v) is 2.08. The summed E-state index contributed by atoms with van der Waals surface area (Å²) in [7, 11) is 0. The topological polar surface area (TPSA) is 15.3 Å². The van der Waals surface area contributed by atoms with Crippen molar-refractivity contribution in [1.82, 2.24) is 10.2 Å². The first-order valence-electron chi connectivity index (χ1n) is 4.20. The van der Waals surface area contributed by atoms with Crippen LogP contribution >= 0.6 is 0 Å². The van der Waals surface area contributed by atoms with E-state index in [-0.39, 0.29) is 1.43 Å². The molecule has 0 aromatic heterocycles. The fraction of sp³-hybridized carbons (Fsp3) is 1.00. The van der Waals surface area contributed by atoms with Gasteiger partial charge in [0.1, 0.15) is 0 Å². The molecule has 1 saturated heterocycles. The summed E-state index contributed by atoms with van der Waals surface area (Å²) in [5.41, 5.74) is 0. The maximum atomic E-state index is 3.50. The van der Waals surface area contributed by atoms with Crippen LogP contribution in [0.4, 0.5) is 0 Å². The van der Waals surface area contributed by atoms with Gasteiger partial charge < -0.3 is 10.2 Å². The monoisotopic (exact) mass is 144 g/mol. The van der Waals surface area contributed by atoms with Gasteiger partial charge in [-0.1, -0.05) is 6.92 Å². The lowest BCUT2D eigenvalue weighted by Gasteiger charge is -2.35. The zero-order valence-electron chi connectivity index (χ0n) is 7.22. The molecule has 0 bridgehead atoms. The van der Waals surface area contributed by atoms with Gasteiger partial charge >= 0.3 is 0 Å². The molecule has 62 valence electrons. The van der Waals surface area contributed by atoms with E-state index in [1.807, 2.05) is 0 Å². The van der Waals surface area contributed by atoms with Gasteiger partial charge in [0, 0.05) is 26.6 Å². The van der Waals surface area contributed by atoms with E-state index in [2.05, 4.69) is 31.0 Å². The van der Waals surface area contributed by atoms with Crippen LogP contribution in [0.2, 0.25) is 0 Å². The van der Waals surface area contributed by atoms with Crippen LogP contribution in [0, 0.1) is 0 Å². The minimum absolute atomic E-state index is 0. The summed E-state index contributed by atoms with van der Waals surface area (Å²) in [6, 6.07) is 1.34. The quantitative estimate of drug-likeness (QED) is 0.589. The lowest BCUT2D eigenvalue weighted by molar-refractivity contribution is 0.181. The van der Waals surface area contributed by atoms with Crippen LogP contribution in [-0.2, 0) is 0 Å². The Morgan fingerprint density at radius 2 is 1.90 bits per heavy atom. The van der Waals surface area contributed by atoms with Gasteiger partial charge in [0.05, 0.1) is 0 Å². The zero-order valence-corrected chi connectivity index (χ0v) is 7.22. The SMILES string of the molecule is CCN1CC(C)NC(C)C1.[HH]. The molecule has 1 N–H and O–H groups in total. The first-order valence-corrected chi connectivity index (χ1v) is 4.20. The summed E-state index contributed by atoms with van der Waals surface area (Å²) in [6.45, 7) is 10.3. The predicted molar refractivity (Wildman–Crippen MR) is 46.3 cm³/mol. The number of nitrogens with one attached hydrogen (secondary N) is 1. The van der Waals surface area contributed by atoms with Crippen molar-refractivity contribution >= 4 is 0 Å². The smallest absolute Gasteiger partial charge is 0.0169 e. The summed E-state index contributed by atoms with van der Waals surface area (Å²) < 4.78 is 0. The highest BCUT2D eigenvalue weighted by Gasteiger charge is 2.18. The Morgan fingerprint density at radius 1 is 1.40 bits per heavy atom. The number of piperazine rings is 1. The highest BCUT2D eigenvalue weighted by Crippen LogP contribution is 2.02. The molecule has 0 spiro atoms. The van der Waals surface area contributed by atoms with Gasteiger partial charge in [0.2, 0.25) is 0 Å². The van der Waals surface area contributed by atoms with E-state index in [4.69, 9.17) is 0 Å². The second-order valence-electron chi connectivity index (χ2n) is 3.32. The molecule has 2 atom stereocenters. The molecular formula is C8H20N2. The summed E-state index contributed by atoms with van der Waals surface area (Å²) in [4.78, 5) is 2.49. The molecule has 0 aliphatic carbocycles. The Kier molecular flexibility index (Phi) is 2.69. The van der Waals surface area contributed by atoms with Crippen molar-refractivity contribution in [3.8, 4) is 0 Å². The molecule has 1 aliphatic rings. The molecule has 0 aromatic carbocycles. The van der Waals surface area contributed by atoms with Gasteiger partial charge in [-0.15, -0.1) is 0 Å². The first-order chi connectivity index (χ1) is 4.72. The maximum Gasteiger partial charge on any atom is 0.0169 e. The van der Waals surface area contributed by atoms with Gasteiger partial charge in [-0.3, -0.25) is 0 Å². The number of nitrogens with zero attached hydrogens (tertiary/aromatic N) is 1. The van der Waals surface area contributed by atoms with Gasteiger partial charge in [-0.2, -0.15) is 0 Å². The molecule has 2 nitrogen and oxygen atoms in total. The van der Waals surface area contributed by atoms with Crippen LogP contribution in [0.15, 0.2) is 0 Å². The summed E-state index contributed by atoms with van der Waals surface area (Å²) in [5, 5.41) is 3.50. The van der Waals surface area contributed by atoms with Crippen LogP contribution in [0.5, 0.6) is 0 Å². The van der Waals surface area contributed by atoms with Crippen molar-refractivity contribution in [3.05, 3.63) is 0 Å². The second kappa shape index (κ2) is 3.35. The molecule has 0 aromatic rings. The molecule has 0 radical (unpaired) electrons. The Morgan fingerprint density at radius 3 is 2.30 bits per heavy atom. The van der Waals surface area contributed by atoms with Crippen molar-refractivity contribution in [3.63, 3.8) is 0 Å². The number of hydrogen-bond donors (Lipinski definition) is 1. The van der Waals surface area contributed by atoms with Crippen molar-refractivity contribution in [1.29, 1.82) is 0 Å². The van der Waals surface area contributed by atoms with Gasteiger partial charge in [0.15, 0.2) is 0 Å². The van der Waals surface area contributed by atoms with Crippen molar-refractivity contribution in [2.75, 3.05) is 19.6 Å². The second-order valence-corrected chi connectivity index (χ2v) is 3.32. The molecule has 1 heterocycles. The molecule has 0 amide bonds. The van der Waals surface area contributed by atoms with Crippen molar-refractivity contribution in [2.24, 2.45) is 0 Å². The third kappa shape index (κ3) is 1.96. The Bertz CT molecular complexity index is 98.3. The zero-order chi connectivity index (χ0) is 7.56. The van der Waals surface area contributed by atoms with Crippen LogP contribution in [0.3, 0.4) is 0 Å². The van der Waals surface area contributed by atoms with E-state index in [0.717, 1.165) is 0 Å². The third-order valence-electron chi connectivity index (χ3n) is 2.08. The summed E-state index contributed by atoms with van der Waals surface area (Å²) >= 11 is 0. The fourth-order valence-corrected chi connectivity index (χ4v) is 1.70. The molecule has 1 aliphatic heterocycles. The van der Waals surface area contributed by atoms with Crippen LogP contribution < -0.4 is 5.32 Å². The molecule has 1 fully saturated rings. The Balaban J connectivity index is 0.000001000. The van der Waals surface area contributed by atoms with Gasteiger partial charge in [-0.05, 0) is 20.4 Å². The standard InChI is InChI=1S/C8H18N2.H2/c1-4-10-5-7(2)9-8(3)6-10;/h7-9H,4-6H2,1-3H3;1H. The average Bonchev–Trinajstić information content (AvgIpc) is 1.85. The van der Waals surface area contributed by atoms with E-state index in [1.54, 1.807) is 0 Å². The van der Waals surface area contributed by atoms with Crippen LogP contribution in [0.1, 0.15) is 22.2 Å². The van der Waals surface area contributed by atoms with Crippen molar-refractivity contribution < 1.29 is 1.43 Å². The van der Waals surface area contributed by atoms with Gasteiger partial charge in [0.25, 0.3) is 0 Å². The van der Waals surface area contributed by atoms with E-state index in [0.29, 0.717) is 12.1 Å². The van der Waals surface area contributed by atoms with E-state index in [9.17, 15) is 0 Å². The number of hydrogen-bond acceptors (Lipinski definition) is 2. The lowest BCUT2D eigenvalue weighted by Crippen LogP contribution is -2.53. The lowest BCUT2D eigenvalue weighted by atomic mass is 10.1. The van der Waals surface area contributed by atoms with Crippen LogP contribution in [0.25, 0.3) is 0 Å². The Labute approximate surface area is 65.1 Å². The molecule has 2 heteroatoms. The van der Waals surface area contributed by atoms with Crippen molar-refractivity contribution in [2.45, 2.75) is 32.9 Å². The molecular weight excluding hydrogens is 124 g/mol. The predicted octanol–water partition coefficient (Wildman–Crippen LogP) is 0.935. The van der Waals surface area contributed by atoms with Crippen LogP contribution in [-0.4, -0.2) is 36.6 Å². The van der Waals surface area contributed by atoms with E-state index < -0.39 is 0 Å². The normalized spacial score (nSPS) is 36.3. The first kappa shape index (κ1) is 8.02. The summed E-state index contributed by atoms with van der Waals surface area (Å²) in [5.74, 6) is 0. The molecule has 10 heavy (non-hydrogen) atoms. The molecule has 0 saturated carbocycles. The number of rotatable bonds is 1. The minimum Gasteiger partial charge on any atom is -0.309 e. The summed E-state index contributed by atoms with van der Waals surface area (Å²) in [6.07, 6.45) is 0. The van der Waals surface area contributed by atoms with Gasteiger partial charge in [-0.25, -0.2) is 0 Å². The Hall–Kier alpha value is -0.0800. The molecule has 2 unspecified atom stereocenters. The minimum atomic E-state index is 0. The maximum absolute atomic E-state index is 3.50. The highest BCUT2D eigenvalue weighted by atomic mass is 15.2. The number of likely N-dealkylation sites (N-methyl/N-ethyl adjacent to an activating group) is 1. The largest absolute Gasteiger partial charge is 0.309 e. The molecule has 1 rings (SSSR count). The van der Waals surface area contributed by atoms with E-state index >= 15 is 0 Å². The highest BCUT2D eigenvalue weighted by molar-refractivity contribution is 4.79. The van der Waals surface area contributed by atoms with E-state index in [1.165, 1.54) is 19.6 Å².